The molecule has 9 nitrogen and oxygen atoms in total. The lowest BCUT2D eigenvalue weighted by atomic mass is 10.2. The minimum atomic E-state index is -0.669. The van der Waals surface area contributed by atoms with Gasteiger partial charge in [-0.05, 0) is 36.4 Å². The van der Waals surface area contributed by atoms with E-state index in [0.29, 0.717) is 5.69 Å². The highest BCUT2D eigenvalue weighted by Gasteiger charge is 2.23. The van der Waals surface area contributed by atoms with Crippen LogP contribution in [0.25, 0.3) is 0 Å². The average molecular weight is 368 g/mol. The van der Waals surface area contributed by atoms with E-state index in [1.165, 1.54) is 12.1 Å². The Labute approximate surface area is 152 Å². The van der Waals surface area contributed by atoms with E-state index in [2.05, 4.69) is 26.1 Å². The van der Waals surface area contributed by atoms with Crippen molar-refractivity contribution in [1.29, 1.82) is 0 Å². The highest BCUT2D eigenvalue weighted by Crippen LogP contribution is 2.30. The lowest BCUT2D eigenvalue weighted by molar-refractivity contribution is -0.383. The first-order chi connectivity index (χ1) is 13.0. The van der Waals surface area contributed by atoms with Crippen LogP contribution in [0.5, 0.6) is 0 Å². The molecular formula is C17H13FN6O3. The van der Waals surface area contributed by atoms with Crippen molar-refractivity contribution < 1.29 is 14.1 Å². The third-order valence-corrected chi connectivity index (χ3v) is 3.44. The molecule has 0 saturated carbocycles. The van der Waals surface area contributed by atoms with Gasteiger partial charge in [0.25, 0.3) is 5.91 Å². The zero-order valence-electron chi connectivity index (χ0n) is 13.7. The summed E-state index contributed by atoms with van der Waals surface area (Å²) in [6.45, 7) is 0. The molecule has 0 aliphatic heterocycles. The largest absolute Gasteiger partial charge is 0.355 e. The Morgan fingerprint density at radius 3 is 2.33 bits per heavy atom. The molecule has 0 atom stereocenters. The van der Waals surface area contributed by atoms with Gasteiger partial charge in [-0.15, -0.1) is 0 Å². The molecule has 0 aliphatic carbocycles. The van der Waals surface area contributed by atoms with Gasteiger partial charge in [0, 0.05) is 11.3 Å². The quantitative estimate of drug-likeness (QED) is 0.451. The van der Waals surface area contributed by atoms with Crippen molar-refractivity contribution in [3.05, 3.63) is 82.4 Å². The van der Waals surface area contributed by atoms with Crippen LogP contribution in [-0.4, -0.2) is 20.8 Å². The van der Waals surface area contributed by atoms with Crippen LogP contribution in [0.4, 0.5) is 27.4 Å². The molecule has 2 aromatic carbocycles. The van der Waals surface area contributed by atoms with Crippen molar-refractivity contribution in [3.63, 3.8) is 0 Å². The smallest absolute Gasteiger partial charge is 0.334 e. The van der Waals surface area contributed by atoms with E-state index in [1.54, 1.807) is 30.3 Å². The van der Waals surface area contributed by atoms with Crippen molar-refractivity contribution >= 4 is 28.9 Å². The lowest BCUT2D eigenvalue weighted by Gasteiger charge is -2.11. The number of nitrogens with zero attached hydrogens (tertiary/aromatic N) is 3. The van der Waals surface area contributed by atoms with Gasteiger partial charge in [0.2, 0.25) is 11.6 Å². The number of anilines is 3. The number of carbonyl (C=O) groups is 1. The maximum atomic E-state index is 12.9. The van der Waals surface area contributed by atoms with E-state index in [-0.39, 0.29) is 17.2 Å². The average Bonchev–Trinajstić information content (AvgIpc) is 2.67. The van der Waals surface area contributed by atoms with E-state index in [1.807, 2.05) is 0 Å². The Balaban J connectivity index is 1.80. The van der Waals surface area contributed by atoms with Gasteiger partial charge in [-0.1, -0.05) is 18.2 Å². The first-order valence-electron chi connectivity index (χ1n) is 7.68. The molecule has 3 rings (SSSR count). The second-order valence-corrected chi connectivity index (χ2v) is 5.25. The van der Waals surface area contributed by atoms with Crippen LogP contribution in [0.3, 0.4) is 0 Å². The first-order valence-corrected chi connectivity index (χ1v) is 7.68. The number of carbonyl (C=O) groups excluding carboxylic acids is 1. The highest BCUT2D eigenvalue weighted by molar-refractivity contribution is 5.95. The number of benzene rings is 2. The van der Waals surface area contributed by atoms with Gasteiger partial charge < -0.3 is 5.32 Å². The SMILES string of the molecule is O=C(NNc1ncnc(Nc2ccccc2)c1[N+](=O)[O-])c1ccc(F)cc1. The van der Waals surface area contributed by atoms with Gasteiger partial charge in [-0.2, -0.15) is 0 Å². The van der Waals surface area contributed by atoms with Gasteiger partial charge in [-0.25, -0.2) is 14.4 Å². The highest BCUT2D eigenvalue weighted by atomic mass is 19.1. The van der Waals surface area contributed by atoms with Crippen molar-refractivity contribution in [2.45, 2.75) is 0 Å². The molecule has 1 heterocycles. The summed E-state index contributed by atoms with van der Waals surface area (Å²) in [4.78, 5) is 30.6. The molecule has 3 aromatic rings. The summed E-state index contributed by atoms with van der Waals surface area (Å²) >= 11 is 0. The van der Waals surface area contributed by atoms with Gasteiger partial charge in [0.05, 0.1) is 4.92 Å². The molecule has 3 N–H and O–H groups in total. The number of amides is 1. The Morgan fingerprint density at radius 1 is 1.00 bits per heavy atom. The second-order valence-electron chi connectivity index (χ2n) is 5.25. The number of para-hydroxylation sites is 1. The fourth-order valence-electron chi connectivity index (χ4n) is 2.18. The molecule has 10 heteroatoms. The van der Waals surface area contributed by atoms with Gasteiger partial charge >= 0.3 is 5.69 Å². The van der Waals surface area contributed by atoms with Crippen molar-refractivity contribution in [1.82, 2.24) is 15.4 Å². The topological polar surface area (TPSA) is 122 Å². The molecule has 1 aromatic heterocycles. The third-order valence-electron chi connectivity index (χ3n) is 3.44. The number of nitro groups is 1. The third kappa shape index (κ3) is 4.31. The molecular weight excluding hydrogens is 355 g/mol. The molecule has 0 unspecified atom stereocenters. The van der Waals surface area contributed by atoms with Crippen LogP contribution in [-0.2, 0) is 0 Å². The fourth-order valence-corrected chi connectivity index (χ4v) is 2.18. The molecule has 1 amide bonds. The van der Waals surface area contributed by atoms with E-state index in [9.17, 15) is 19.3 Å². The Bertz CT molecular complexity index is 966. The predicted octanol–water partition coefficient (Wildman–Crippen LogP) is 3.02. The number of hydrazine groups is 1. The summed E-state index contributed by atoms with van der Waals surface area (Å²) in [6, 6.07) is 13.6. The normalized spacial score (nSPS) is 10.1. The van der Waals surface area contributed by atoms with Crippen LogP contribution in [0.15, 0.2) is 60.9 Å². The number of rotatable bonds is 6. The summed E-state index contributed by atoms with van der Waals surface area (Å²) < 4.78 is 12.9. The van der Waals surface area contributed by atoms with E-state index in [0.717, 1.165) is 18.5 Å². The second kappa shape index (κ2) is 7.87. The summed E-state index contributed by atoms with van der Waals surface area (Å²) in [6.07, 6.45) is 1.12. The summed E-state index contributed by atoms with van der Waals surface area (Å²) in [5.74, 6) is -1.34. The van der Waals surface area contributed by atoms with E-state index in [4.69, 9.17) is 0 Å². The molecule has 27 heavy (non-hydrogen) atoms. The van der Waals surface area contributed by atoms with Crippen LogP contribution < -0.4 is 16.2 Å². The van der Waals surface area contributed by atoms with Crippen LogP contribution >= 0.6 is 0 Å². The monoisotopic (exact) mass is 368 g/mol. The van der Waals surface area contributed by atoms with Crippen molar-refractivity contribution in [3.8, 4) is 0 Å². The van der Waals surface area contributed by atoms with Crippen molar-refractivity contribution in [2.24, 2.45) is 0 Å². The van der Waals surface area contributed by atoms with Crippen LogP contribution in [0, 0.1) is 15.9 Å². The van der Waals surface area contributed by atoms with E-state index < -0.39 is 22.3 Å². The Kier molecular flexibility index (Phi) is 5.17. The minimum Gasteiger partial charge on any atom is -0.334 e. The number of aromatic nitrogens is 2. The summed E-state index contributed by atoms with van der Waals surface area (Å²) in [5.41, 5.74) is 5.02. The first kappa shape index (κ1) is 17.7. The molecule has 136 valence electrons. The Hall–Kier alpha value is -4.08. The zero-order chi connectivity index (χ0) is 19.2. The molecule has 0 aliphatic rings. The van der Waals surface area contributed by atoms with E-state index >= 15 is 0 Å². The summed E-state index contributed by atoms with van der Waals surface area (Å²) in [7, 11) is 0. The van der Waals surface area contributed by atoms with Crippen molar-refractivity contribution in [2.75, 3.05) is 10.7 Å². The maximum Gasteiger partial charge on any atom is 0.355 e. The standard InChI is InChI=1S/C17H13FN6O3/c18-12-8-6-11(7-9-12)17(25)23-22-16-14(24(26)27)15(19-10-20-16)21-13-4-2-1-3-5-13/h1-10H,(H,23,25)(H2,19,20,21,22). The maximum absolute atomic E-state index is 12.9. The van der Waals surface area contributed by atoms with Gasteiger partial charge in [0.1, 0.15) is 12.1 Å². The zero-order valence-corrected chi connectivity index (χ0v) is 13.7. The number of hydrogen-bond acceptors (Lipinski definition) is 7. The van der Waals surface area contributed by atoms with Gasteiger partial charge in [0.15, 0.2) is 0 Å². The van der Waals surface area contributed by atoms with Crippen LogP contribution in [0.2, 0.25) is 0 Å². The molecule has 0 radical (unpaired) electrons. The molecule has 0 fully saturated rings. The predicted molar refractivity (Wildman–Crippen MR) is 95.9 cm³/mol. The Morgan fingerprint density at radius 2 is 1.67 bits per heavy atom. The minimum absolute atomic E-state index is 0.0419. The molecule has 0 saturated heterocycles. The van der Waals surface area contributed by atoms with Crippen LogP contribution in [0.1, 0.15) is 10.4 Å². The summed E-state index contributed by atoms with van der Waals surface area (Å²) in [5, 5.41) is 14.3. The number of nitrogens with one attached hydrogen (secondary N) is 3. The molecule has 0 spiro atoms. The number of halogens is 1. The number of hydrogen-bond donors (Lipinski definition) is 3. The van der Waals surface area contributed by atoms with Gasteiger partial charge in [-0.3, -0.25) is 25.8 Å². The fraction of sp³-hybridized carbons (Fsp3) is 0. The molecule has 0 bridgehead atoms. The lowest BCUT2D eigenvalue weighted by Crippen LogP contribution is -2.30.